The van der Waals surface area contributed by atoms with E-state index >= 15 is 0 Å². The summed E-state index contributed by atoms with van der Waals surface area (Å²) in [6.45, 7) is 3.54. The second-order valence-corrected chi connectivity index (χ2v) is 9.86. The minimum Gasteiger partial charge on any atom is -0.335 e. The van der Waals surface area contributed by atoms with Crippen LogP contribution in [0.1, 0.15) is 78.8 Å². The first-order chi connectivity index (χ1) is 13.6. The molecule has 1 amide bonds. The quantitative estimate of drug-likeness (QED) is 0.774. The Morgan fingerprint density at radius 3 is 2.75 bits per heavy atom. The van der Waals surface area contributed by atoms with Crippen molar-refractivity contribution in [2.24, 2.45) is 5.92 Å². The predicted molar refractivity (Wildman–Crippen MR) is 112 cm³/mol. The van der Waals surface area contributed by atoms with Crippen molar-refractivity contribution in [1.29, 1.82) is 0 Å². The van der Waals surface area contributed by atoms with Gasteiger partial charge in [-0.15, -0.1) is 11.3 Å². The third-order valence-electron chi connectivity index (χ3n) is 7.07. The summed E-state index contributed by atoms with van der Waals surface area (Å²) in [5.74, 6) is 1.79. The average molecular weight is 400 g/mol. The van der Waals surface area contributed by atoms with Crippen LogP contribution in [0.3, 0.4) is 0 Å². The molecule has 1 unspecified atom stereocenters. The summed E-state index contributed by atoms with van der Waals surface area (Å²) in [5.41, 5.74) is 0.887. The molecule has 1 aliphatic carbocycles. The number of hydrogen-bond acceptors (Lipinski definition) is 4. The second-order valence-electron chi connectivity index (χ2n) is 8.86. The van der Waals surface area contributed by atoms with Gasteiger partial charge in [-0.05, 0) is 44.1 Å². The Bertz CT molecular complexity index is 970. The molecular formula is C22H29N3O2S. The smallest absolute Gasteiger partial charge is 0.264 e. The number of rotatable bonds is 3. The lowest BCUT2D eigenvalue weighted by Crippen LogP contribution is -2.36. The van der Waals surface area contributed by atoms with Crippen LogP contribution >= 0.6 is 11.3 Å². The molecular weight excluding hydrogens is 370 g/mol. The van der Waals surface area contributed by atoms with Gasteiger partial charge in [-0.25, -0.2) is 4.98 Å². The van der Waals surface area contributed by atoms with Crippen LogP contribution in [0.5, 0.6) is 0 Å². The molecule has 0 radical (unpaired) electrons. The summed E-state index contributed by atoms with van der Waals surface area (Å²) in [6.07, 6.45) is 12.0. The molecule has 0 aromatic carbocycles. The largest absolute Gasteiger partial charge is 0.335 e. The van der Waals surface area contributed by atoms with Crippen molar-refractivity contribution in [1.82, 2.24) is 14.5 Å². The van der Waals surface area contributed by atoms with E-state index in [1.165, 1.54) is 43.4 Å². The SMILES string of the molecule is Cc1c(C(=O)N2CCCC2CC2CCCCC2)sc2nc3n(c(=O)c12)CCC3. The highest BCUT2D eigenvalue weighted by Gasteiger charge is 2.34. The highest BCUT2D eigenvalue weighted by Crippen LogP contribution is 2.35. The Labute approximate surface area is 169 Å². The summed E-state index contributed by atoms with van der Waals surface area (Å²) < 4.78 is 1.80. The number of carbonyl (C=O) groups is 1. The van der Waals surface area contributed by atoms with E-state index < -0.39 is 0 Å². The van der Waals surface area contributed by atoms with Crippen LogP contribution in [0.4, 0.5) is 0 Å². The molecule has 2 aromatic rings. The van der Waals surface area contributed by atoms with Crippen molar-refractivity contribution in [2.75, 3.05) is 6.54 Å². The van der Waals surface area contributed by atoms with Crippen LogP contribution in [0.15, 0.2) is 4.79 Å². The Morgan fingerprint density at radius 1 is 1.11 bits per heavy atom. The highest BCUT2D eigenvalue weighted by molar-refractivity contribution is 7.20. The molecule has 3 aliphatic rings. The van der Waals surface area contributed by atoms with Crippen LogP contribution < -0.4 is 5.56 Å². The zero-order valence-electron chi connectivity index (χ0n) is 16.7. The van der Waals surface area contributed by atoms with Gasteiger partial charge in [0.25, 0.3) is 11.5 Å². The van der Waals surface area contributed by atoms with Crippen molar-refractivity contribution >= 4 is 27.5 Å². The molecule has 5 rings (SSSR count). The number of likely N-dealkylation sites (tertiary alicyclic amines) is 1. The van der Waals surface area contributed by atoms with E-state index in [9.17, 15) is 9.59 Å². The van der Waals surface area contributed by atoms with Gasteiger partial charge in [0.2, 0.25) is 0 Å². The van der Waals surface area contributed by atoms with Crippen molar-refractivity contribution < 1.29 is 4.79 Å². The van der Waals surface area contributed by atoms with E-state index in [-0.39, 0.29) is 11.5 Å². The summed E-state index contributed by atoms with van der Waals surface area (Å²) in [7, 11) is 0. The van der Waals surface area contributed by atoms with E-state index in [2.05, 4.69) is 4.90 Å². The van der Waals surface area contributed by atoms with Gasteiger partial charge in [0, 0.05) is 25.6 Å². The van der Waals surface area contributed by atoms with Gasteiger partial charge >= 0.3 is 0 Å². The average Bonchev–Trinajstić information content (AvgIpc) is 3.42. The fourth-order valence-corrected chi connectivity index (χ4v) is 6.71. The summed E-state index contributed by atoms with van der Waals surface area (Å²) in [5, 5.41) is 0.669. The number of aromatic nitrogens is 2. The molecule has 6 heteroatoms. The van der Waals surface area contributed by atoms with Crippen molar-refractivity contribution in [3.8, 4) is 0 Å². The molecule has 5 nitrogen and oxygen atoms in total. The maximum Gasteiger partial charge on any atom is 0.264 e. The number of thiophene rings is 1. The lowest BCUT2D eigenvalue weighted by atomic mass is 9.84. The molecule has 0 bridgehead atoms. The molecule has 2 aromatic heterocycles. The first-order valence-corrected chi connectivity index (χ1v) is 11.8. The fourth-order valence-electron chi connectivity index (χ4n) is 5.57. The fraction of sp³-hybridized carbons (Fsp3) is 0.682. The van der Waals surface area contributed by atoms with E-state index in [0.717, 1.165) is 72.2 Å². The van der Waals surface area contributed by atoms with Gasteiger partial charge in [-0.2, -0.15) is 0 Å². The standard InChI is InChI=1S/C22H29N3O2S/c1-14-18-20(23-17-10-6-12-25(17)21(18)26)28-19(14)22(27)24-11-5-9-16(24)13-15-7-3-2-4-8-15/h15-16H,2-13H2,1H3. The third kappa shape index (κ3) is 3.00. The number of amides is 1. The van der Waals surface area contributed by atoms with E-state index in [4.69, 9.17) is 4.98 Å². The van der Waals surface area contributed by atoms with Crippen LogP contribution in [0.25, 0.3) is 10.2 Å². The van der Waals surface area contributed by atoms with Gasteiger partial charge in [0.1, 0.15) is 10.7 Å². The second kappa shape index (κ2) is 7.29. The van der Waals surface area contributed by atoms with Gasteiger partial charge in [0.15, 0.2) is 0 Å². The Kier molecular flexibility index (Phi) is 4.77. The number of aryl methyl sites for hydroxylation is 2. The molecule has 1 atom stereocenters. The molecule has 4 heterocycles. The van der Waals surface area contributed by atoms with E-state index in [1.807, 2.05) is 6.92 Å². The zero-order chi connectivity index (χ0) is 19.3. The molecule has 28 heavy (non-hydrogen) atoms. The van der Waals surface area contributed by atoms with Gasteiger partial charge in [-0.1, -0.05) is 32.1 Å². The minimum absolute atomic E-state index is 0.0467. The van der Waals surface area contributed by atoms with Crippen LogP contribution in [-0.2, 0) is 13.0 Å². The number of carbonyl (C=O) groups excluding carboxylic acids is 1. The molecule has 2 fully saturated rings. The monoisotopic (exact) mass is 399 g/mol. The molecule has 1 saturated carbocycles. The highest BCUT2D eigenvalue weighted by atomic mass is 32.1. The van der Waals surface area contributed by atoms with Gasteiger partial charge in [0.05, 0.1) is 10.3 Å². The summed E-state index contributed by atoms with van der Waals surface area (Å²) in [6, 6.07) is 0.374. The third-order valence-corrected chi connectivity index (χ3v) is 8.25. The lowest BCUT2D eigenvalue weighted by Gasteiger charge is -2.30. The normalized spacial score (nSPS) is 22.9. The number of nitrogens with zero attached hydrogens (tertiary/aromatic N) is 3. The van der Waals surface area contributed by atoms with Gasteiger partial charge < -0.3 is 4.90 Å². The topological polar surface area (TPSA) is 55.2 Å². The molecule has 0 N–H and O–H groups in total. The van der Waals surface area contributed by atoms with E-state index in [1.54, 1.807) is 4.57 Å². The molecule has 2 aliphatic heterocycles. The molecule has 150 valence electrons. The Balaban J connectivity index is 1.44. The Hall–Kier alpha value is -1.69. The number of fused-ring (bicyclic) bond motifs is 2. The minimum atomic E-state index is 0.0467. The van der Waals surface area contributed by atoms with Crippen LogP contribution in [0.2, 0.25) is 0 Å². The predicted octanol–water partition coefficient (Wildman–Crippen LogP) is 4.29. The molecule has 0 spiro atoms. The molecule has 1 saturated heterocycles. The van der Waals surface area contributed by atoms with Gasteiger partial charge in [-0.3, -0.25) is 14.2 Å². The van der Waals surface area contributed by atoms with Crippen LogP contribution in [0, 0.1) is 12.8 Å². The van der Waals surface area contributed by atoms with Crippen LogP contribution in [-0.4, -0.2) is 32.9 Å². The first kappa shape index (κ1) is 18.3. The summed E-state index contributed by atoms with van der Waals surface area (Å²) in [4.78, 5) is 34.7. The van der Waals surface area contributed by atoms with E-state index in [0.29, 0.717) is 11.4 Å². The van der Waals surface area contributed by atoms with Crippen molar-refractivity contribution in [3.05, 3.63) is 26.6 Å². The Morgan fingerprint density at radius 2 is 1.93 bits per heavy atom. The lowest BCUT2D eigenvalue weighted by molar-refractivity contribution is 0.0716. The summed E-state index contributed by atoms with van der Waals surface area (Å²) >= 11 is 1.43. The zero-order valence-corrected chi connectivity index (χ0v) is 17.5. The van der Waals surface area contributed by atoms with Crippen molar-refractivity contribution in [3.63, 3.8) is 0 Å². The maximum atomic E-state index is 13.5. The first-order valence-electron chi connectivity index (χ1n) is 11.0. The number of hydrogen-bond donors (Lipinski definition) is 0. The van der Waals surface area contributed by atoms with Crippen molar-refractivity contribution in [2.45, 2.75) is 83.7 Å². The maximum absolute atomic E-state index is 13.5.